The summed E-state index contributed by atoms with van der Waals surface area (Å²) in [4.78, 5) is 17.4. The molecular weight excluding hydrogens is 475 g/mol. The van der Waals surface area contributed by atoms with Crippen LogP contribution in [0.25, 0.3) is 10.2 Å². The quantitative estimate of drug-likeness (QED) is 0.443. The molecule has 1 aliphatic rings. The van der Waals surface area contributed by atoms with Crippen molar-refractivity contribution in [3.63, 3.8) is 0 Å². The van der Waals surface area contributed by atoms with E-state index in [1.165, 1.54) is 23.5 Å². The largest absolute Gasteiger partial charge is 0.454 e. The number of benzene rings is 2. The third kappa shape index (κ3) is 5.00. The van der Waals surface area contributed by atoms with E-state index in [-0.39, 0.29) is 36.2 Å². The molecule has 2 aromatic carbocycles. The molecule has 0 N–H and O–H groups in total. The zero-order chi connectivity index (χ0) is 22.7. The number of halogens is 1. The van der Waals surface area contributed by atoms with Gasteiger partial charge in [0.25, 0.3) is 0 Å². The predicted octanol–water partition coefficient (Wildman–Crippen LogP) is 3.62. The van der Waals surface area contributed by atoms with E-state index in [2.05, 4.69) is 4.99 Å². The van der Waals surface area contributed by atoms with E-state index in [1.54, 1.807) is 11.8 Å². The molecule has 0 bridgehead atoms. The van der Waals surface area contributed by atoms with Crippen molar-refractivity contribution in [3.8, 4) is 11.5 Å². The smallest absolute Gasteiger partial charge is 0.248 e. The first-order valence-electron chi connectivity index (χ1n) is 9.85. The number of aromatic nitrogens is 1. The van der Waals surface area contributed by atoms with Crippen LogP contribution in [0.1, 0.15) is 12.8 Å². The van der Waals surface area contributed by atoms with Gasteiger partial charge in [0.1, 0.15) is 5.82 Å². The van der Waals surface area contributed by atoms with Crippen molar-refractivity contribution in [2.24, 2.45) is 4.99 Å². The maximum atomic E-state index is 13.0. The van der Waals surface area contributed by atoms with Crippen molar-refractivity contribution in [2.45, 2.75) is 24.3 Å². The van der Waals surface area contributed by atoms with Crippen molar-refractivity contribution in [1.82, 2.24) is 4.57 Å². The SMILES string of the molecule is CSCCn1c(=NC(=O)CCCS(=O)(=O)c2ccc(F)cc2)sc2cc3c(cc21)OCO3. The second-order valence-electron chi connectivity index (χ2n) is 7.08. The molecule has 0 unspecified atom stereocenters. The molecule has 0 saturated carbocycles. The standard InChI is InChI=1S/C21H21FN2O5S3/c1-30-9-8-24-16-11-17-18(29-13-28-17)12-19(16)31-21(24)23-20(25)3-2-10-32(26,27)15-6-4-14(22)5-7-15/h4-7,11-12H,2-3,8-10,13H2,1H3. The second kappa shape index (κ2) is 9.63. The highest BCUT2D eigenvalue weighted by atomic mass is 32.2. The van der Waals surface area contributed by atoms with E-state index >= 15 is 0 Å². The number of carbonyl (C=O) groups is 1. The van der Waals surface area contributed by atoms with Crippen molar-refractivity contribution in [1.29, 1.82) is 0 Å². The lowest BCUT2D eigenvalue weighted by Crippen LogP contribution is -2.18. The summed E-state index contributed by atoms with van der Waals surface area (Å²) in [6, 6.07) is 8.45. The Morgan fingerprint density at radius 3 is 2.66 bits per heavy atom. The Kier molecular flexibility index (Phi) is 6.87. The van der Waals surface area contributed by atoms with E-state index < -0.39 is 15.7 Å². The monoisotopic (exact) mass is 496 g/mol. The summed E-state index contributed by atoms with van der Waals surface area (Å²) < 4.78 is 51.6. The molecule has 2 heterocycles. The fourth-order valence-corrected chi connectivity index (χ4v) is 6.04. The molecular formula is C21H21FN2O5S3. The zero-order valence-electron chi connectivity index (χ0n) is 17.2. The number of amides is 1. The molecule has 0 spiro atoms. The van der Waals surface area contributed by atoms with Gasteiger partial charge < -0.3 is 14.0 Å². The van der Waals surface area contributed by atoms with E-state index in [0.717, 1.165) is 28.1 Å². The van der Waals surface area contributed by atoms with Crippen LogP contribution >= 0.6 is 23.1 Å². The number of thiazole rings is 1. The van der Waals surface area contributed by atoms with Crippen LogP contribution in [-0.2, 0) is 21.2 Å². The van der Waals surface area contributed by atoms with Gasteiger partial charge in [0.15, 0.2) is 26.1 Å². The molecule has 0 radical (unpaired) electrons. The van der Waals surface area contributed by atoms with Crippen LogP contribution in [0.4, 0.5) is 4.39 Å². The van der Waals surface area contributed by atoms with Gasteiger partial charge in [-0.1, -0.05) is 11.3 Å². The number of thioether (sulfide) groups is 1. The number of hydrogen-bond acceptors (Lipinski definition) is 7. The molecule has 1 aromatic heterocycles. The Morgan fingerprint density at radius 1 is 1.22 bits per heavy atom. The molecule has 0 atom stereocenters. The van der Waals surface area contributed by atoms with Gasteiger partial charge in [-0.3, -0.25) is 4.79 Å². The molecule has 0 saturated heterocycles. The summed E-state index contributed by atoms with van der Waals surface area (Å²) in [6.07, 6.45) is 2.14. The third-order valence-electron chi connectivity index (χ3n) is 4.89. The van der Waals surface area contributed by atoms with Crippen molar-refractivity contribution in [2.75, 3.05) is 24.6 Å². The summed E-state index contributed by atoms with van der Waals surface area (Å²) in [5, 5.41) is 0. The van der Waals surface area contributed by atoms with Crippen molar-refractivity contribution >= 4 is 49.1 Å². The zero-order valence-corrected chi connectivity index (χ0v) is 19.7. The number of nitrogens with zero attached hydrogens (tertiary/aromatic N) is 2. The molecule has 1 amide bonds. The maximum Gasteiger partial charge on any atom is 0.248 e. The van der Waals surface area contributed by atoms with E-state index in [0.29, 0.717) is 22.8 Å². The van der Waals surface area contributed by atoms with Gasteiger partial charge >= 0.3 is 0 Å². The van der Waals surface area contributed by atoms with Gasteiger partial charge in [0.05, 0.1) is 20.9 Å². The Labute approximate surface area is 192 Å². The number of ether oxygens (including phenoxy) is 2. The van der Waals surface area contributed by atoms with Crippen LogP contribution in [0.3, 0.4) is 0 Å². The second-order valence-corrected chi connectivity index (χ2v) is 11.2. The fraction of sp³-hybridized carbons (Fsp3) is 0.333. The van der Waals surface area contributed by atoms with E-state index in [4.69, 9.17) is 9.47 Å². The Hall–Kier alpha value is -2.37. The molecule has 11 heteroatoms. The average molecular weight is 497 g/mol. The lowest BCUT2D eigenvalue weighted by molar-refractivity contribution is -0.118. The van der Waals surface area contributed by atoms with Gasteiger partial charge in [0.2, 0.25) is 12.7 Å². The number of carbonyl (C=O) groups excluding carboxylic acids is 1. The third-order valence-corrected chi connectivity index (χ3v) is 8.34. The number of rotatable bonds is 8. The number of aryl methyl sites for hydroxylation is 1. The fourth-order valence-electron chi connectivity index (χ4n) is 3.28. The van der Waals surface area contributed by atoms with Crippen LogP contribution in [0.2, 0.25) is 0 Å². The Balaban J connectivity index is 1.51. The minimum atomic E-state index is -3.59. The minimum Gasteiger partial charge on any atom is -0.454 e. The highest BCUT2D eigenvalue weighted by molar-refractivity contribution is 7.98. The summed E-state index contributed by atoms with van der Waals surface area (Å²) in [7, 11) is -3.59. The average Bonchev–Trinajstić information content (AvgIpc) is 3.34. The van der Waals surface area contributed by atoms with Crippen LogP contribution < -0.4 is 14.3 Å². The van der Waals surface area contributed by atoms with Crippen molar-refractivity contribution < 1.29 is 27.1 Å². The summed E-state index contributed by atoms with van der Waals surface area (Å²) >= 11 is 3.07. The van der Waals surface area contributed by atoms with Crippen LogP contribution in [0.5, 0.6) is 11.5 Å². The lowest BCUT2D eigenvalue weighted by atomic mass is 10.3. The normalized spacial score (nSPS) is 13.8. The van der Waals surface area contributed by atoms with Gasteiger partial charge in [-0.2, -0.15) is 16.8 Å². The number of fused-ring (bicyclic) bond motifs is 2. The lowest BCUT2D eigenvalue weighted by Gasteiger charge is -2.05. The first-order chi connectivity index (χ1) is 15.4. The minimum absolute atomic E-state index is 0.0000794. The first kappa shape index (κ1) is 22.8. The topological polar surface area (TPSA) is 87.0 Å². The Bertz CT molecular complexity index is 1310. The van der Waals surface area contributed by atoms with Gasteiger partial charge in [-0.25, -0.2) is 12.8 Å². The Morgan fingerprint density at radius 2 is 1.94 bits per heavy atom. The highest BCUT2D eigenvalue weighted by Gasteiger charge is 2.18. The molecule has 0 aliphatic carbocycles. The summed E-state index contributed by atoms with van der Waals surface area (Å²) in [5.74, 6) is 1.08. The summed E-state index contributed by atoms with van der Waals surface area (Å²) in [6.45, 7) is 0.861. The molecule has 0 fully saturated rings. The molecule has 4 rings (SSSR count). The maximum absolute atomic E-state index is 13.0. The van der Waals surface area contributed by atoms with E-state index in [1.807, 2.05) is 23.0 Å². The number of hydrogen-bond donors (Lipinski definition) is 0. The van der Waals surface area contributed by atoms with Gasteiger partial charge in [-0.15, -0.1) is 0 Å². The van der Waals surface area contributed by atoms with Gasteiger partial charge in [0, 0.05) is 30.9 Å². The molecule has 3 aromatic rings. The molecule has 170 valence electrons. The van der Waals surface area contributed by atoms with Crippen LogP contribution in [0, 0.1) is 5.82 Å². The molecule has 32 heavy (non-hydrogen) atoms. The van der Waals surface area contributed by atoms with Gasteiger partial charge in [-0.05, 0) is 36.9 Å². The van der Waals surface area contributed by atoms with Crippen LogP contribution in [0.15, 0.2) is 46.3 Å². The first-order valence-corrected chi connectivity index (χ1v) is 13.7. The highest BCUT2D eigenvalue weighted by Crippen LogP contribution is 2.37. The summed E-state index contributed by atoms with van der Waals surface area (Å²) in [5.41, 5.74) is 0.915. The molecule has 7 nitrogen and oxygen atoms in total. The molecule has 1 aliphatic heterocycles. The van der Waals surface area contributed by atoms with E-state index in [9.17, 15) is 17.6 Å². The van der Waals surface area contributed by atoms with Crippen LogP contribution in [-0.4, -0.2) is 43.4 Å². The number of sulfone groups is 1. The van der Waals surface area contributed by atoms with Crippen molar-refractivity contribution in [3.05, 3.63) is 47.0 Å². The predicted molar refractivity (Wildman–Crippen MR) is 123 cm³/mol.